The summed E-state index contributed by atoms with van der Waals surface area (Å²) >= 11 is 0. The monoisotopic (exact) mass is 218 g/mol. The van der Waals surface area contributed by atoms with E-state index in [2.05, 4.69) is 0 Å². The second kappa shape index (κ2) is 5.58. The Morgan fingerprint density at radius 2 is 2.12 bits per heavy atom. The Morgan fingerprint density at radius 1 is 1.31 bits per heavy atom. The standard InChI is InChI=1S/C13H14O3/c14-7-2-1-4-11-5-3-6-12(10-11)13-15-8-9-16-13/h1,3-7,10,13H,2,8-9H2. The van der Waals surface area contributed by atoms with Crippen molar-refractivity contribution in [3.63, 3.8) is 0 Å². The Hall–Kier alpha value is -1.45. The highest BCUT2D eigenvalue weighted by atomic mass is 16.7. The first-order valence-corrected chi connectivity index (χ1v) is 5.33. The fourth-order valence-electron chi connectivity index (χ4n) is 1.62. The topological polar surface area (TPSA) is 35.5 Å². The van der Waals surface area contributed by atoms with Gasteiger partial charge in [-0.3, -0.25) is 0 Å². The molecule has 0 bridgehead atoms. The zero-order valence-corrected chi connectivity index (χ0v) is 8.96. The summed E-state index contributed by atoms with van der Waals surface area (Å²) in [6, 6.07) is 7.94. The molecule has 1 aliphatic heterocycles. The molecule has 0 amide bonds. The van der Waals surface area contributed by atoms with Crippen LogP contribution in [0.5, 0.6) is 0 Å². The smallest absolute Gasteiger partial charge is 0.184 e. The minimum Gasteiger partial charge on any atom is -0.346 e. The molecule has 1 heterocycles. The van der Waals surface area contributed by atoms with Crippen LogP contribution in [0.3, 0.4) is 0 Å². The molecule has 1 aliphatic rings. The first-order valence-electron chi connectivity index (χ1n) is 5.33. The highest BCUT2D eigenvalue weighted by molar-refractivity contribution is 5.58. The molecule has 0 aliphatic carbocycles. The van der Waals surface area contributed by atoms with Crippen molar-refractivity contribution < 1.29 is 14.3 Å². The van der Waals surface area contributed by atoms with Crippen molar-refractivity contribution >= 4 is 12.4 Å². The minimum atomic E-state index is -0.237. The Balaban J connectivity index is 2.09. The first kappa shape index (κ1) is 11.0. The van der Waals surface area contributed by atoms with E-state index in [1.165, 1.54) is 0 Å². The van der Waals surface area contributed by atoms with Gasteiger partial charge in [-0.05, 0) is 11.6 Å². The number of benzene rings is 1. The van der Waals surface area contributed by atoms with Crippen molar-refractivity contribution in [2.45, 2.75) is 12.7 Å². The number of ether oxygens (including phenoxy) is 2. The third-order valence-corrected chi connectivity index (χ3v) is 2.35. The predicted molar refractivity (Wildman–Crippen MR) is 60.8 cm³/mol. The Labute approximate surface area is 94.7 Å². The van der Waals surface area contributed by atoms with Crippen molar-refractivity contribution in [3.8, 4) is 0 Å². The number of carbonyl (C=O) groups excluding carboxylic acids is 1. The largest absolute Gasteiger partial charge is 0.346 e. The van der Waals surface area contributed by atoms with Crippen LogP contribution in [0, 0.1) is 0 Å². The van der Waals surface area contributed by atoms with Crippen molar-refractivity contribution in [1.29, 1.82) is 0 Å². The first-order chi connectivity index (χ1) is 7.90. The third kappa shape index (κ3) is 2.78. The summed E-state index contributed by atoms with van der Waals surface area (Å²) in [7, 11) is 0. The van der Waals surface area contributed by atoms with E-state index in [1.54, 1.807) is 0 Å². The fourth-order valence-corrected chi connectivity index (χ4v) is 1.62. The second-order valence-corrected chi connectivity index (χ2v) is 3.55. The molecule has 1 aromatic carbocycles. The van der Waals surface area contributed by atoms with Gasteiger partial charge >= 0.3 is 0 Å². The van der Waals surface area contributed by atoms with Gasteiger partial charge in [-0.1, -0.05) is 30.4 Å². The lowest BCUT2D eigenvalue weighted by Crippen LogP contribution is -1.97. The number of rotatable bonds is 4. The van der Waals surface area contributed by atoms with Crippen LogP contribution < -0.4 is 0 Å². The molecule has 0 atom stereocenters. The van der Waals surface area contributed by atoms with E-state index < -0.39 is 0 Å². The Morgan fingerprint density at radius 3 is 2.88 bits per heavy atom. The highest BCUT2D eigenvalue weighted by Crippen LogP contribution is 2.24. The molecule has 1 aromatic rings. The lowest BCUT2D eigenvalue weighted by molar-refractivity contribution is -0.107. The molecule has 0 radical (unpaired) electrons. The van der Waals surface area contributed by atoms with Crippen molar-refractivity contribution in [1.82, 2.24) is 0 Å². The maximum atomic E-state index is 10.2. The van der Waals surface area contributed by atoms with E-state index in [0.717, 1.165) is 17.4 Å². The molecular weight excluding hydrogens is 204 g/mol. The molecule has 0 spiro atoms. The molecule has 3 nitrogen and oxygen atoms in total. The lowest BCUT2D eigenvalue weighted by atomic mass is 10.1. The van der Waals surface area contributed by atoms with Crippen LogP contribution in [0.2, 0.25) is 0 Å². The van der Waals surface area contributed by atoms with E-state index in [0.29, 0.717) is 19.6 Å². The van der Waals surface area contributed by atoms with E-state index in [-0.39, 0.29) is 6.29 Å². The van der Waals surface area contributed by atoms with Gasteiger partial charge in [-0.25, -0.2) is 0 Å². The molecule has 0 aromatic heterocycles. The van der Waals surface area contributed by atoms with Crippen LogP contribution in [-0.2, 0) is 14.3 Å². The van der Waals surface area contributed by atoms with Crippen LogP contribution >= 0.6 is 0 Å². The Kier molecular flexibility index (Phi) is 3.86. The van der Waals surface area contributed by atoms with E-state index in [1.807, 2.05) is 36.4 Å². The maximum absolute atomic E-state index is 10.2. The average Bonchev–Trinajstić information content (AvgIpc) is 2.83. The lowest BCUT2D eigenvalue weighted by Gasteiger charge is -2.09. The van der Waals surface area contributed by atoms with E-state index in [4.69, 9.17) is 9.47 Å². The van der Waals surface area contributed by atoms with E-state index >= 15 is 0 Å². The zero-order chi connectivity index (χ0) is 11.2. The van der Waals surface area contributed by atoms with Crippen LogP contribution in [0.1, 0.15) is 23.8 Å². The van der Waals surface area contributed by atoms with Gasteiger partial charge in [0, 0.05) is 12.0 Å². The van der Waals surface area contributed by atoms with Crippen molar-refractivity contribution in [3.05, 3.63) is 41.5 Å². The number of allylic oxidation sites excluding steroid dienone is 1. The van der Waals surface area contributed by atoms with Gasteiger partial charge in [0.2, 0.25) is 0 Å². The van der Waals surface area contributed by atoms with Gasteiger partial charge in [-0.2, -0.15) is 0 Å². The molecule has 84 valence electrons. The molecular formula is C13H14O3. The van der Waals surface area contributed by atoms with Gasteiger partial charge in [0.05, 0.1) is 13.2 Å². The average molecular weight is 218 g/mol. The summed E-state index contributed by atoms with van der Waals surface area (Å²) in [4.78, 5) is 10.2. The number of carbonyl (C=O) groups is 1. The van der Waals surface area contributed by atoms with Crippen LogP contribution in [0.4, 0.5) is 0 Å². The molecule has 16 heavy (non-hydrogen) atoms. The molecule has 1 saturated heterocycles. The number of hydrogen-bond acceptors (Lipinski definition) is 3. The SMILES string of the molecule is O=CCC=Cc1cccc(C2OCCO2)c1. The molecule has 2 rings (SSSR count). The number of aldehydes is 1. The zero-order valence-electron chi connectivity index (χ0n) is 8.96. The van der Waals surface area contributed by atoms with Gasteiger partial charge in [0.15, 0.2) is 6.29 Å². The maximum Gasteiger partial charge on any atom is 0.184 e. The van der Waals surface area contributed by atoms with Gasteiger partial charge in [0.25, 0.3) is 0 Å². The van der Waals surface area contributed by atoms with Crippen molar-refractivity contribution in [2.75, 3.05) is 13.2 Å². The number of hydrogen-bond donors (Lipinski definition) is 0. The van der Waals surface area contributed by atoms with Gasteiger partial charge in [0.1, 0.15) is 6.29 Å². The van der Waals surface area contributed by atoms with Crippen LogP contribution in [0.15, 0.2) is 30.3 Å². The Bertz CT molecular complexity index is 379. The minimum absolute atomic E-state index is 0.237. The van der Waals surface area contributed by atoms with Gasteiger partial charge in [-0.15, -0.1) is 0 Å². The van der Waals surface area contributed by atoms with E-state index in [9.17, 15) is 4.79 Å². The summed E-state index contributed by atoms with van der Waals surface area (Å²) in [6.45, 7) is 1.30. The second-order valence-electron chi connectivity index (χ2n) is 3.55. The highest BCUT2D eigenvalue weighted by Gasteiger charge is 2.17. The summed E-state index contributed by atoms with van der Waals surface area (Å²) in [6.07, 6.45) is 4.85. The molecule has 3 heteroatoms. The van der Waals surface area contributed by atoms with Crippen LogP contribution in [-0.4, -0.2) is 19.5 Å². The molecule has 0 unspecified atom stereocenters. The predicted octanol–water partition coefficient (Wildman–Crippen LogP) is 2.33. The summed E-state index contributed by atoms with van der Waals surface area (Å²) in [5.74, 6) is 0. The van der Waals surface area contributed by atoms with Crippen LogP contribution in [0.25, 0.3) is 6.08 Å². The fraction of sp³-hybridized carbons (Fsp3) is 0.308. The summed E-state index contributed by atoms with van der Waals surface area (Å²) in [5, 5.41) is 0. The summed E-state index contributed by atoms with van der Waals surface area (Å²) < 4.78 is 10.8. The molecule has 0 N–H and O–H groups in total. The third-order valence-electron chi connectivity index (χ3n) is 2.35. The normalized spacial score (nSPS) is 17.0. The molecule has 0 saturated carbocycles. The van der Waals surface area contributed by atoms with Crippen molar-refractivity contribution in [2.24, 2.45) is 0 Å². The van der Waals surface area contributed by atoms with Gasteiger partial charge < -0.3 is 14.3 Å². The quantitative estimate of drug-likeness (QED) is 0.727. The molecule has 1 fully saturated rings. The summed E-state index contributed by atoms with van der Waals surface area (Å²) in [5.41, 5.74) is 2.07.